The predicted molar refractivity (Wildman–Crippen MR) is 97.5 cm³/mol. The zero-order valence-corrected chi connectivity index (χ0v) is 14.7. The quantitative estimate of drug-likeness (QED) is 0.858. The molecule has 0 fully saturated rings. The number of hydrogen-bond acceptors (Lipinski definition) is 2. The van der Waals surface area contributed by atoms with Crippen molar-refractivity contribution in [1.82, 2.24) is 5.32 Å². The van der Waals surface area contributed by atoms with Crippen LogP contribution in [0.3, 0.4) is 0 Å². The van der Waals surface area contributed by atoms with Crippen LogP contribution in [-0.4, -0.2) is 18.9 Å². The molecule has 0 aliphatic rings. The van der Waals surface area contributed by atoms with Crippen LogP contribution in [0.1, 0.15) is 35.7 Å². The van der Waals surface area contributed by atoms with E-state index in [1.807, 2.05) is 26.0 Å². The van der Waals surface area contributed by atoms with E-state index in [1.165, 1.54) is 0 Å². The maximum Gasteiger partial charge on any atom is 0.251 e. The Morgan fingerprint density at radius 1 is 0.958 bits per heavy atom. The highest BCUT2D eigenvalue weighted by atomic mass is 35.5. The van der Waals surface area contributed by atoms with Crippen molar-refractivity contribution in [1.29, 1.82) is 0 Å². The zero-order chi connectivity index (χ0) is 17.7. The molecule has 4 nitrogen and oxygen atoms in total. The lowest BCUT2D eigenvalue weighted by Gasteiger charge is -2.21. The average molecular weight is 345 g/mol. The highest BCUT2D eigenvalue weighted by molar-refractivity contribution is 6.30. The van der Waals surface area contributed by atoms with E-state index in [2.05, 4.69) is 10.6 Å². The van der Waals surface area contributed by atoms with Gasteiger partial charge in [0.05, 0.1) is 5.92 Å². The fraction of sp³-hybridized carbons (Fsp3) is 0.263. The molecule has 0 heterocycles. The number of nitrogens with one attached hydrogen (secondary N) is 2. The van der Waals surface area contributed by atoms with E-state index in [1.54, 1.807) is 43.4 Å². The van der Waals surface area contributed by atoms with E-state index in [-0.39, 0.29) is 23.7 Å². The maximum absolute atomic E-state index is 12.7. The standard InChI is InChI=1S/C19H21ClN2O2/c1-12(2)17(13-4-8-15(20)9-5-13)19(24)22-16-10-6-14(7-11-16)18(23)21-3/h4-12,17H,1-3H3,(H,21,23)(H,22,24)/t17-/m0/s1. The molecule has 0 aromatic heterocycles. The zero-order valence-electron chi connectivity index (χ0n) is 14.0. The molecule has 24 heavy (non-hydrogen) atoms. The Balaban J connectivity index is 2.16. The van der Waals surface area contributed by atoms with Crippen LogP contribution in [0.4, 0.5) is 5.69 Å². The molecule has 2 aromatic rings. The summed E-state index contributed by atoms with van der Waals surface area (Å²) in [7, 11) is 1.58. The first-order valence-electron chi connectivity index (χ1n) is 7.81. The van der Waals surface area contributed by atoms with Gasteiger partial charge in [0.15, 0.2) is 0 Å². The number of carbonyl (C=O) groups is 2. The second-order valence-electron chi connectivity index (χ2n) is 5.92. The number of amides is 2. The van der Waals surface area contributed by atoms with Crippen LogP contribution in [0, 0.1) is 5.92 Å². The molecule has 0 spiro atoms. The van der Waals surface area contributed by atoms with Crippen LogP contribution < -0.4 is 10.6 Å². The minimum absolute atomic E-state index is 0.0833. The molecule has 0 bridgehead atoms. The van der Waals surface area contributed by atoms with Gasteiger partial charge in [0, 0.05) is 23.3 Å². The van der Waals surface area contributed by atoms with Crippen molar-refractivity contribution in [2.24, 2.45) is 5.92 Å². The predicted octanol–water partition coefficient (Wildman–Crippen LogP) is 4.08. The molecular weight excluding hydrogens is 324 g/mol. The van der Waals surface area contributed by atoms with Crippen molar-refractivity contribution in [2.75, 3.05) is 12.4 Å². The third-order valence-corrected chi connectivity index (χ3v) is 4.07. The molecule has 126 valence electrons. The molecule has 0 unspecified atom stereocenters. The molecule has 0 saturated heterocycles. The van der Waals surface area contributed by atoms with Gasteiger partial charge in [-0.25, -0.2) is 0 Å². The monoisotopic (exact) mass is 344 g/mol. The minimum atomic E-state index is -0.277. The lowest BCUT2D eigenvalue weighted by molar-refractivity contribution is -0.118. The van der Waals surface area contributed by atoms with E-state index in [0.29, 0.717) is 16.3 Å². The molecular formula is C19H21ClN2O2. The van der Waals surface area contributed by atoms with Gasteiger partial charge in [-0.15, -0.1) is 0 Å². The molecule has 2 aromatic carbocycles. The summed E-state index contributed by atoms with van der Waals surface area (Å²) in [4.78, 5) is 24.2. The molecule has 1 atom stereocenters. The van der Waals surface area contributed by atoms with Gasteiger partial charge in [-0.2, -0.15) is 0 Å². The Hall–Kier alpha value is -2.33. The second-order valence-corrected chi connectivity index (χ2v) is 6.36. The summed E-state index contributed by atoms with van der Waals surface area (Å²) in [5, 5.41) is 6.13. The van der Waals surface area contributed by atoms with Crippen molar-refractivity contribution in [3.63, 3.8) is 0 Å². The Morgan fingerprint density at radius 3 is 2.04 bits per heavy atom. The van der Waals surface area contributed by atoms with Crippen LogP contribution in [0.5, 0.6) is 0 Å². The van der Waals surface area contributed by atoms with Crippen molar-refractivity contribution in [3.05, 3.63) is 64.7 Å². The van der Waals surface area contributed by atoms with Gasteiger partial charge >= 0.3 is 0 Å². The fourth-order valence-electron chi connectivity index (χ4n) is 2.58. The molecule has 0 aliphatic heterocycles. The summed E-state index contributed by atoms with van der Waals surface area (Å²) in [6.45, 7) is 4.01. The molecule has 2 rings (SSSR count). The molecule has 0 saturated carbocycles. The smallest absolute Gasteiger partial charge is 0.251 e. The van der Waals surface area contributed by atoms with Crippen molar-refractivity contribution in [2.45, 2.75) is 19.8 Å². The van der Waals surface area contributed by atoms with Crippen molar-refractivity contribution in [3.8, 4) is 0 Å². The first-order chi connectivity index (χ1) is 11.4. The topological polar surface area (TPSA) is 58.2 Å². The van der Waals surface area contributed by atoms with Gasteiger partial charge in [0.2, 0.25) is 5.91 Å². The lowest BCUT2D eigenvalue weighted by Crippen LogP contribution is -2.25. The van der Waals surface area contributed by atoms with E-state index >= 15 is 0 Å². The summed E-state index contributed by atoms with van der Waals surface area (Å²) < 4.78 is 0. The normalized spacial score (nSPS) is 11.9. The SMILES string of the molecule is CNC(=O)c1ccc(NC(=O)[C@H](c2ccc(Cl)cc2)C(C)C)cc1. The minimum Gasteiger partial charge on any atom is -0.355 e. The van der Waals surface area contributed by atoms with Gasteiger partial charge < -0.3 is 10.6 Å². The number of anilines is 1. The first kappa shape index (κ1) is 18.0. The highest BCUT2D eigenvalue weighted by Gasteiger charge is 2.24. The van der Waals surface area contributed by atoms with Crippen molar-refractivity contribution < 1.29 is 9.59 Å². The molecule has 0 radical (unpaired) electrons. The van der Waals surface area contributed by atoms with Gasteiger partial charge in [0.25, 0.3) is 5.91 Å². The van der Waals surface area contributed by atoms with Gasteiger partial charge in [-0.3, -0.25) is 9.59 Å². The summed E-state index contributed by atoms with van der Waals surface area (Å²) >= 11 is 5.92. The Kier molecular flexibility index (Phi) is 5.99. The van der Waals surface area contributed by atoms with E-state index in [0.717, 1.165) is 5.56 Å². The Labute approximate surface area is 147 Å². The largest absolute Gasteiger partial charge is 0.355 e. The number of halogens is 1. The number of rotatable bonds is 5. The van der Waals surface area contributed by atoms with Crippen LogP contribution in [-0.2, 0) is 4.79 Å². The van der Waals surface area contributed by atoms with Crippen LogP contribution in [0.25, 0.3) is 0 Å². The summed E-state index contributed by atoms with van der Waals surface area (Å²) in [5.41, 5.74) is 2.13. The van der Waals surface area contributed by atoms with E-state index in [4.69, 9.17) is 11.6 Å². The number of hydrogen-bond donors (Lipinski definition) is 2. The third kappa shape index (κ3) is 4.36. The van der Waals surface area contributed by atoms with Crippen LogP contribution in [0.15, 0.2) is 48.5 Å². The van der Waals surface area contributed by atoms with Gasteiger partial charge in [0.1, 0.15) is 0 Å². The second kappa shape index (κ2) is 7.97. The highest BCUT2D eigenvalue weighted by Crippen LogP contribution is 2.27. The van der Waals surface area contributed by atoms with Crippen molar-refractivity contribution >= 4 is 29.1 Å². The number of carbonyl (C=O) groups excluding carboxylic acids is 2. The first-order valence-corrected chi connectivity index (χ1v) is 8.18. The maximum atomic E-state index is 12.7. The average Bonchev–Trinajstić information content (AvgIpc) is 2.56. The molecule has 2 N–H and O–H groups in total. The number of benzene rings is 2. The van der Waals surface area contributed by atoms with Gasteiger partial charge in [-0.1, -0.05) is 37.6 Å². The summed E-state index contributed by atoms with van der Waals surface area (Å²) in [6, 6.07) is 14.1. The van der Waals surface area contributed by atoms with E-state index in [9.17, 15) is 9.59 Å². The summed E-state index contributed by atoms with van der Waals surface area (Å²) in [6.07, 6.45) is 0. The fourth-order valence-corrected chi connectivity index (χ4v) is 2.70. The summed E-state index contributed by atoms with van der Waals surface area (Å²) in [5.74, 6) is -0.383. The lowest BCUT2D eigenvalue weighted by atomic mass is 9.87. The van der Waals surface area contributed by atoms with Crippen LogP contribution in [0.2, 0.25) is 5.02 Å². The molecule has 5 heteroatoms. The third-order valence-electron chi connectivity index (χ3n) is 3.82. The van der Waals surface area contributed by atoms with E-state index < -0.39 is 0 Å². The van der Waals surface area contributed by atoms with Gasteiger partial charge in [-0.05, 0) is 47.9 Å². The Morgan fingerprint density at radius 2 is 1.54 bits per heavy atom. The molecule has 0 aliphatic carbocycles. The Bertz CT molecular complexity index is 709. The molecule has 2 amide bonds. The van der Waals surface area contributed by atoms with Crippen LogP contribution >= 0.6 is 11.6 Å².